The number of rotatable bonds is 64. The summed E-state index contributed by atoms with van der Waals surface area (Å²) < 4.78 is 30.4. The molecule has 0 aliphatic heterocycles. The summed E-state index contributed by atoms with van der Waals surface area (Å²) in [6.07, 6.45) is 81.8. The number of esters is 1. The van der Waals surface area contributed by atoms with Gasteiger partial charge >= 0.3 is 5.97 Å². The van der Waals surface area contributed by atoms with E-state index >= 15 is 0 Å². The number of hydrogen-bond acceptors (Lipinski definition) is 7. The topological polar surface area (TPSA) is 114 Å². The Balaban J connectivity index is 5.04. The second-order valence-electron chi connectivity index (χ2n) is 25.0. The first-order chi connectivity index (χ1) is 40.4. The Morgan fingerprint density at radius 3 is 1.16 bits per heavy atom. The Kier molecular flexibility index (Phi) is 60.6. The fraction of sp³-hybridized carbons (Fsp3) is 0.808. The molecule has 9 nitrogen and oxygen atoms in total. The summed E-state index contributed by atoms with van der Waals surface area (Å²) in [5, 5.41) is 3.03. The van der Waals surface area contributed by atoms with Gasteiger partial charge in [0.05, 0.1) is 33.8 Å². The molecule has 3 unspecified atom stereocenters. The van der Waals surface area contributed by atoms with Gasteiger partial charge in [-0.3, -0.25) is 14.2 Å². The zero-order valence-corrected chi connectivity index (χ0v) is 56.3. The van der Waals surface area contributed by atoms with Crippen LogP contribution in [0.15, 0.2) is 72.9 Å². The molecule has 0 aromatic carbocycles. The molecule has 10 heteroatoms. The van der Waals surface area contributed by atoms with Gasteiger partial charge in [0, 0.05) is 12.8 Å². The van der Waals surface area contributed by atoms with Crippen LogP contribution >= 0.6 is 7.82 Å². The Labute approximate surface area is 514 Å². The van der Waals surface area contributed by atoms with Crippen molar-refractivity contribution >= 4 is 19.7 Å². The number of phosphoric ester groups is 1. The fourth-order valence-electron chi connectivity index (χ4n) is 10.3. The number of ether oxygens (including phenoxy) is 1. The molecule has 484 valence electrons. The summed E-state index contributed by atoms with van der Waals surface area (Å²) in [6.45, 7) is 6.75. The van der Waals surface area contributed by atoms with Crippen molar-refractivity contribution in [2.75, 3.05) is 40.9 Å². The number of carbonyl (C=O) groups is 2. The standard InChI is InChI=1S/C73H135N2O7P/c1-7-10-13-16-19-22-25-27-29-31-33-35-36-37-38-40-42-44-46-48-51-54-57-60-63-66-73(77)82-71(64-61-58-55-52-49-24-21-18-15-12-9-3)70(69-81-83(78,79)80-68-67-75(4,5)6)74-72(76)65-62-59-56-53-50-47-45-43-41-39-34-32-30-28-26-23-20-17-14-11-8-2/h11,14,20,23,28,30,34,39,43,45,61,64,70-71H,7-10,12-13,15-19,21-22,24-27,29,31-33,35-38,40-42,44,46-60,62-63,65-69H2,1-6H3,(H-,74,76,78,79)/b14-11-,23-20-,30-28-,39-34-,45-43-,64-61+. The van der Waals surface area contributed by atoms with Crippen LogP contribution in [0, 0.1) is 0 Å². The quantitative estimate of drug-likeness (QED) is 0.0212. The van der Waals surface area contributed by atoms with Crippen LogP contribution < -0.4 is 10.2 Å². The number of carbonyl (C=O) groups excluding carboxylic acids is 2. The Hall–Kier alpha value is -2.55. The van der Waals surface area contributed by atoms with Crippen molar-refractivity contribution in [3.63, 3.8) is 0 Å². The molecule has 83 heavy (non-hydrogen) atoms. The van der Waals surface area contributed by atoms with Crippen molar-refractivity contribution in [1.82, 2.24) is 5.32 Å². The molecule has 0 rings (SSSR count). The maximum Gasteiger partial charge on any atom is 0.306 e. The number of phosphoric acid groups is 1. The summed E-state index contributed by atoms with van der Waals surface area (Å²) >= 11 is 0. The van der Waals surface area contributed by atoms with Crippen LogP contribution in [0.25, 0.3) is 0 Å². The van der Waals surface area contributed by atoms with E-state index in [0.29, 0.717) is 23.9 Å². The Morgan fingerprint density at radius 1 is 0.434 bits per heavy atom. The van der Waals surface area contributed by atoms with E-state index in [1.807, 2.05) is 33.3 Å². The smallest absolute Gasteiger partial charge is 0.306 e. The van der Waals surface area contributed by atoms with E-state index in [9.17, 15) is 19.0 Å². The number of nitrogens with one attached hydrogen (secondary N) is 1. The number of nitrogens with zero attached hydrogens (tertiary/aromatic N) is 1. The van der Waals surface area contributed by atoms with Gasteiger partial charge in [-0.25, -0.2) is 0 Å². The summed E-state index contributed by atoms with van der Waals surface area (Å²) in [5.41, 5.74) is 0. The number of quaternary nitrogens is 1. The minimum absolute atomic E-state index is 0.0275. The van der Waals surface area contributed by atoms with Crippen LogP contribution in [0.2, 0.25) is 0 Å². The summed E-state index contributed by atoms with van der Waals surface area (Å²) in [6, 6.07) is -0.900. The monoisotopic (exact) mass is 1180 g/mol. The Morgan fingerprint density at radius 2 is 0.771 bits per heavy atom. The van der Waals surface area contributed by atoms with Crippen LogP contribution in [-0.4, -0.2) is 69.4 Å². The molecule has 1 N–H and O–H groups in total. The molecule has 0 spiro atoms. The minimum atomic E-state index is -4.71. The largest absolute Gasteiger partial charge is 0.756 e. The van der Waals surface area contributed by atoms with Gasteiger partial charge in [-0.05, 0) is 76.7 Å². The van der Waals surface area contributed by atoms with Crippen molar-refractivity contribution in [2.45, 2.75) is 341 Å². The van der Waals surface area contributed by atoms with Gasteiger partial charge in [-0.1, -0.05) is 312 Å². The molecule has 0 aliphatic rings. The van der Waals surface area contributed by atoms with Crippen molar-refractivity contribution in [3.05, 3.63) is 72.9 Å². The first-order valence-electron chi connectivity index (χ1n) is 35.2. The van der Waals surface area contributed by atoms with Gasteiger partial charge in [0.25, 0.3) is 7.82 Å². The predicted molar refractivity (Wildman–Crippen MR) is 358 cm³/mol. The van der Waals surface area contributed by atoms with E-state index in [1.54, 1.807) is 0 Å². The van der Waals surface area contributed by atoms with Crippen molar-refractivity contribution in [3.8, 4) is 0 Å². The summed E-state index contributed by atoms with van der Waals surface area (Å²) in [7, 11) is 1.17. The summed E-state index contributed by atoms with van der Waals surface area (Å²) in [5.74, 6) is -0.553. The lowest BCUT2D eigenvalue weighted by atomic mass is 10.0. The SMILES string of the molecule is CC/C=C\C/C=C\C/C=C\C/C=C\C/C=C\CCCCCCCC(=O)NC(COP(=O)([O-])OCC[N+](C)(C)C)C(/C=C/CCCCCCCCCCC)OC(=O)CCCCCCCCCCCCCCCCCCCCCCCCCCC. The van der Waals surface area contributed by atoms with E-state index in [0.717, 1.165) is 103 Å². The molecule has 1 amide bonds. The molecule has 0 radical (unpaired) electrons. The van der Waals surface area contributed by atoms with E-state index in [2.05, 4.69) is 86.8 Å². The highest BCUT2D eigenvalue weighted by Crippen LogP contribution is 2.38. The van der Waals surface area contributed by atoms with Crippen molar-refractivity contribution in [1.29, 1.82) is 0 Å². The maximum atomic E-state index is 13.6. The van der Waals surface area contributed by atoms with Gasteiger partial charge in [-0.2, -0.15) is 0 Å². The summed E-state index contributed by atoms with van der Waals surface area (Å²) in [4.78, 5) is 40.1. The second kappa shape index (κ2) is 62.5. The molecule has 3 atom stereocenters. The maximum absolute atomic E-state index is 13.6. The van der Waals surface area contributed by atoms with Gasteiger partial charge in [0.15, 0.2) is 0 Å². The van der Waals surface area contributed by atoms with Gasteiger partial charge in [-0.15, -0.1) is 0 Å². The molecular formula is C73H135N2O7P. The van der Waals surface area contributed by atoms with Crippen LogP contribution in [0.3, 0.4) is 0 Å². The number of unbranched alkanes of at least 4 members (excludes halogenated alkanes) is 38. The van der Waals surface area contributed by atoms with E-state index in [1.165, 1.54) is 186 Å². The molecule has 0 fully saturated rings. The third-order valence-corrected chi connectivity index (χ3v) is 16.6. The zero-order valence-electron chi connectivity index (χ0n) is 55.4. The Bertz CT molecular complexity index is 1650. The third kappa shape index (κ3) is 63.8. The van der Waals surface area contributed by atoms with E-state index in [-0.39, 0.29) is 24.9 Å². The third-order valence-electron chi connectivity index (χ3n) is 15.7. The minimum Gasteiger partial charge on any atom is -0.756 e. The average Bonchev–Trinajstić information content (AvgIpc) is 3.51. The van der Waals surface area contributed by atoms with E-state index in [4.69, 9.17) is 13.8 Å². The van der Waals surface area contributed by atoms with Crippen LogP contribution in [0.1, 0.15) is 329 Å². The highest BCUT2D eigenvalue weighted by Gasteiger charge is 2.27. The molecule has 0 saturated carbocycles. The second-order valence-corrected chi connectivity index (χ2v) is 26.4. The molecule has 0 bridgehead atoms. The molecule has 0 aliphatic carbocycles. The molecule has 0 heterocycles. The molecule has 0 aromatic heterocycles. The van der Waals surface area contributed by atoms with E-state index < -0.39 is 26.6 Å². The van der Waals surface area contributed by atoms with Gasteiger partial charge in [0.2, 0.25) is 5.91 Å². The van der Waals surface area contributed by atoms with Crippen LogP contribution in [-0.2, 0) is 27.9 Å². The lowest BCUT2D eigenvalue weighted by Crippen LogP contribution is -2.47. The van der Waals surface area contributed by atoms with Crippen LogP contribution in [0.5, 0.6) is 0 Å². The van der Waals surface area contributed by atoms with Gasteiger partial charge in [0.1, 0.15) is 19.3 Å². The van der Waals surface area contributed by atoms with Crippen molar-refractivity contribution in [2.24, 2.45) is 0 Å². The highest BCUT2D eigenvalue weighted by molar-refractivity contribution is 7.45. The first-order valence-corrected chi connectivity index (χ1v) is 36.7. The first kappa shape index (κ1) is 80.5. The molecule has 0 aromatic rings. The molecule has 0 saturated heterocycles. The zero-order chi connectivity index (χ0) is 60.7. The lowest BCUT2D eigenvalue weighted by molar-refractivity contribution is -0.870. The highest BCUT2D eigenvalue weighted by atomic mass is 31.2. The average molecular weight is 1180 g/mol. The van der Waals surface area contributed by atoms with Gasteiger partial charge < -0.3 is 28.5 Å². The molecular weight excluding hydrogens is 1050 g/mol. The normalized spacial score (nSPS) is 14.0. The number of amides is 1. The van der Waals surface area contributed by atoms with Crippen LogP contribution in [0.4, 0.5) is 0 Å². The number of allylic oxidation sites excluding steroid dienone is 11. The van der Waals surface area contributed by atoms with Crippen molar-refractivity contribution < 1.29 is 37.3 Å². The number of likely N-dealkylation sites (N-methyl/N-ethyl adjacent to an activating group) is 1. The fourth-order valence-corrected chi connectivity index (χ4v) is 11.0. The number of hydrogen-bond donors (Lipinski definition) is 1. The predicted octanol–water partition coefficient (Wildman–Crippen LogP) is 21.7. The lowest BCUT2D eigenvalue weighted by Gasteiger charge is -2.30.